The number of hydrogen-bond acceptors (Lipinski definition) is 2. The highest BCUT2D eigenvalue weighted by molar-refractivity contribution is 5.78. The average Bonchev–Trinajstić information content (AvgIpc) is 2.34. The van der Waals surface area contributed by atoms with E-state index in [1.54, 1.807) is 18.4 Å². The van der Waals surface area contributed by atoms with E-state index >= 15 is 0 Å². The lowest BCUT2D eigenvalue weighted by Gasteiger charge is -2.19. The molecule has 1 N–H and O–H groups in total. The van der Waals surface area contributed by atoms with Gasteiger partial charge < -0.3 is 9.73 Å². The van der Waals surface area contributed by atoms with E-state index in [0.29, 0.717) is 12.2 Å². The van der Waals surface area contributed by atoms with Crippen LogP contribution in [-0.2, 0) is 11.2 Å². The number of furan rings is 1. The van der Waals surface area contributed by atoms with Crippen molar-refractivity contribution < 1.29 is 9.21 Å². The maximum atomic E-state index is 11.4. The summed E-state index contributed by atoms with van der Waals surface area (Å²) in [6, 6.07) is 3.57. The molecule has 0 aliphatic rings. The number of carbonyl (C=O) groups is 1. The Bertz CT molecular complexity index is 270. The first-order valence-corrected chi connectivity index (χ1v) is 4.31. The van der Waals surface area contributed by atoms with Gasteiger partial charge in [0.05, 0.1) is 12.7 Å². The van der Waals surface area contributed by atoms with Crippen molar-refractivity contribution >= 4 is 5.91 Å². The van der Waals surface area contributed by atoms with Crippen LogP contribution in [0.25, 0.3) is 0 Å². The Balaban J connectivity index is 2.43. The maximum absolute atomic E-state index is 11.4. The van der Waals surface area contributed by atoms with Crippen LogP contribution >= 0.6 is 0 Å². The summed E-state index contributed by atoms with van der Waals surface area (Å²) in [5, 5.41) is 2.86. The molecule has 3 heteroatoms. The van der Waals surface area contributed by atoms with Crippen molar-refractivity contribution in [1.29, 1.82) is 0 Å². The largest absolute Gasteiger partial charge is 0.469 e. The van der Waals surface area contributed by atoms with E-state index in [2.05, 4.69) is 5.32 Å². The van der Waals surface area contributed by atoms with Crippen LogP contribution in [0.1, 0.15) is 26.5 Å². The Morgan fingerprint density at radius 1 is 1.54 bits per heavy atom. The van der Waals surface area contributed by atoms with Crippen LogP contribution in [-0.4, -0.2) is 11.4 Å². The topological polar surface area (TPSA) is 42.2 Å². The summed E-state index contributed by atoms with van der Waals surface area (Å²) in [6.45, 7) is 5.85. The summed E-state index contributed by atoms with van der Waals surface area (Å²) < 4.78 is 5.06. The average molecular weight is 181 g/mol. The van der Waals surface area contributed by atoms with Gasteiger partial charge in [-0.25, -0.2) is 0 Å². The number of hydrogen-bond donors (Lipinski definition) is 1. The Hall–Kier alpha value is -1.25. The molecule has 3 nitrogen and oxygen atoms in total. The summed E-state index contributed by atoms with van der Waals surface area (Å²) in [5.74, 6) is 0.684. The van der Waals surface area contributed by atoms with E-state index in [0.717, 1.165) is 0 Å². The summed E-state index contributed by atoms with van der Waals surface area (Å²) in [5.41, 5.74) is -0.177. The molecule has 0 atom stereocenters. The molecule has 0 saturated heterocycles. The van der Waals surface area contributed by atoms with Crippen LogP contribution in [0.15, 0.2) is 22.8 Å². The van der Waals surface area contributed by atoms with E-state index < -0.39 is 0 Å². The Morgan fingerprint density at radius 2 is 2.23 bits per heavy atom. The fourth-order valence-corrected chi connectivity index (χ4v) is 1.03. The van der Waals surface area contributed by atoms with Crippen LogP contribution in [0.4, 0.5) is 0 Å². The standard InChI is InChI=1S/C10H15NO2/c1-10(2,3)11-9(12)7-8-5-4-6-13-8/h4-6H,7H2,1-3H3,(H,11,12). The predicted octanol–water partition coefficient (Wildman–Crippen LogP) is 1.74. The second-order valence-corrected chi connectivity index (χ2v) is 4.05. The second-order valence-electron chi connectivity index (χ2n) is 4.05. The molecule has 13 heavy (non-hydrogen) atoms. The highest BCUT2D eigenvalue weighted by Gasteiger charge is 2.14. The van der Waals surface area contributed by atoms with Gasteiger partial charge in [-0.3, -0.25) is 4.79 Å². The molecule has 1 heterocycles. The highest BCUT2D eigenvalue weighted by atomic mass is 16.3. The molecule has 0 radical (unpaired) electrons. The highest BCUT2D eigenvalue weighted by Crippen LogP contribution is 2.03. The van der Waals surface area contributed by atoms with Crippen LogP contribution in [0.3, 0.4) is 0 Å². The third-order valence-electron chi connectivity index (χ3n) is 1.43. The van der Waals surface area contributed by atoms with Gasteiger partial charge in [0.1, 0.15) is 5.76 Å². The smallest absolute Gasteiger partial charge is 0.228 e. The molecule has 0 saturated carbocycles. The molecular formula is C10H15NO2. The van der Waals surface area contributed by atoms with Gasteiger partial charge in [0, 0.05) is 5.54 Å². The quantitative estimate of drug-likeness (QED) is 0.755. The van der Waals surface area contributed by atoms with Gasteiger partial charge in [-0.1, -0.05) is 0 Å². The minimum atomic E-state index is -0.177. The predicted molar refractivity (Wildman–Crippen MR) is 50.3 cm³/mol. The molecular weight excluding hydrogens is 166 g/mol. The van der Waals surface area contributed by atoms with Gasteiger partial charge in [0.2, 0.25) is 5.91 Å². The maximum Gasteiger partial charge on any atom is 0.228 e. The van der Waals surface area contributed by atoms with Gasteiger partial charge in [0.15, 0.2) is 0 Å². The Kier molecular flexibility index (Phi) is 2.76. The normalized spacial score (nSPS) is 11.3. The minimum absolute atomic E-state index is 0.0116. The van der Waals surface area contributed by atoms with E-state index in [-0.39, 0.29) is 11.4 Å². The first-order valence-electron chi connectivity index (χ1n) is 4.31. The Labute approximate surface area is 78.1 Å². The second kappa shape index (κ2) is 3.64. The van der Waals surface area contributed by atoms with E-state index in [1.807, 2.05) is 20.8 Å². The van der Waals surface area contributed by atoms with Crippen molar-refractivity contribution in [1.82, 2.24) is 5.32 Å². The van der Waals surface area contributed by atoms with Crippen LogP contribution in [0, 0.1) is 0 Å². The van der Waals surface area contributed by atoms with Gasteiger partial charge in [-0.2, -0.15) is 0 Å². The Morgan fingerprint density at radius 3 is 2.69 bits per heavy atom. The zero-order valence-corrected chi connectivity index (χ0v) is 8.26. The van der Waals surface area contributed by atoms with Gasteiger partial charge in [-0.15, -0.1) is 0 Å². The molecule has 72 valence electrons. The SMILES string of the molecule is CC(C)(C)NC(=O)Cc1ccco1. The molecule has 1 aromatic heterocycles. The first kappa shape index (κ1) is 9.84. The lowest BCUT2D eigenvalue weighted by Crippen LogP contribution is -2.41. The first-order chi connectivity index (χ1) is 5.97. The molecule has 0 aromatic carbocycles. The lowest BCUT2D eigenvalue weighted by atomic mass is 10.1. The molecule has 0 aliphatic heterocycles. The molecule has 0 bridgehead atoms. The van der Waals surface area contributed by atoms with Crippen molar-refractivity contribution in [3.8, 4) is 0 Å². The van der Waals surface area contributed by atoms with Crippen molar-refractivity contribution in [2.75, 3.05) is 0 Å². The fourth-order valence-electron chi connectivity index (χ4n) is 1.03. The number of nitrogens with one attached hydrogen (secondary N) is 1. The molecule has 0 spiro atoms. The van der Waals surface area contributed by atoms with E-state index in [4.69, 9.17) is 4.42 Å². The van der Waals surface area contributed by atoms with Crippen LogP contribution < -0.4 is 5.32 Å². The number of rotatable bonds is 2. The molecule has 1 aromatic rings. The van der Waals surface area contributed by atoms with Crippen molar-refractivity contribution in [2.45, 2.75) is 32.7 Å². The zero-order chi connectivity index (χ0) is 9.90. The van der Waals surface area contributed by atoms with Crippen LogP contribution in [0.2, 0.25) is 0 Å². The summed E-state index contributed by atoms with van der Waals surface area (Å²) >= 11 is 0. The number of carbonyl (C=O) groups excluding carboxylic acids is 1. The monoisotopic (exact) mass is 181 g/mol. The van der Waals surface area contributed by atoms with Gasteiger partial charge in [0.25, 0.3) is 0 Å². The van der Waals surface area contributed by atoms with E-state index in [9.17, 15) is 4.79 Å². The minimum Gasteiger partial charge on any atom is -0.469 e. The van der Waals surface area contributed by atoms with Gasteiger partial charge in [-0.05, 0) is 32.9 Å². The molecule has 0 aliphatic carbocycles. The van der Waals surface area contributed by atoms with E-state index in [1.165, 1.54) is 0 Å². The number of amides is 1. The third-order valence-corrected chi connectivity index (χ3v) is 1.43. The fraction of sp³-hybridized carbons (Fsp3) is 0.500. The molecule has 0 unspecified atom stereocenters. The zero-order valence-electron chi connectivity index (χ0n) is 8.26. The van der Waals surface area contributed by atoms with Gasteiger partial charge >= 0.3 is 0 Å². The molecule has 1 rings (SSSR count). The van der Waals surface area contributed by atoms with Crippen LogP contribution in [0.5, 0.6) is 0 Å². The third kappa shape index (κ3) is 3.78. The van der Waals surface area contributed by atoms with Crippen molar-refractivity contribution in [3.63, 3.8) is 0 Å². The summed E-state index contributed by atoms with van der Waals surface area (Å²) in [6.07, 6.45) is 1.88. The molecule has 0 fully saturated rings. The summed E-state index contributed by atoms with van der Waals surface area (Å²) in [4.78, 5) is 11.4. The summed E-state index contributed by atoms with van der Waals surface area (Å²) in [7, 11) is 0. The molecule has 1 amide bonds. The van der Waals surface area contributed by atoms with Crippen molar-refractivity contribution in [2.24, 2.45) is 0 Å². The lowest BCUT2D eigenvalue weighted by molar-refractivity contribution is -0.122. The van der Waals surface area contributed by atoms with Crippen molar-refractivity contribution in [3.05, 3.63) is 24.2 Å².